The average molecular weight is 212 g/mol. The van der Waals surface area contributed by atoms with E-state index >= 15 is 0 Å². The fourth-order valence-corrected chi connectivity index (χ4v) is 2.67. The maximum atomic E-state index is 11.4. The molecule has 86 valence electrons. The van der Waals surface area contributed by atoms with Gasteiger partial charge in [-0.05, 0) is 25.2 Å². The van der Waals surface area contributed by atoms with Crippen LogP contribution in [0.1, 0.15) is 39.5 Å². The number of carboxylic acid groups (broad SMARTS) is 1. The van der Waals surface area contributed by atoms with Crippen LogP contribution in [0.4, 0.5) is 0 Å². The molecule has 3 heteroatoms. The number of rotatable bonds is 4. The Labute approximate surface area is 90.8 Å². The number of hydrogen-bond acceptors (Lipinski definition) is 2. The Balaban J connectivity index is 3.04. The maximum Gasteiger partial charge on any atom is 0.312 e. The Morgan fingerprint density at radius 3 is 2.67 bits per heavy atom. The lowest BCUT2D eigenvalue weighted by Gasteiger charge is -2.41. The highest BCUT2D eigenvalue weighted by Crippen LogP contribution is 2.43. The van der Waals surface area contributed by atoms with Crippen LogP contribution in [0.25, 0.3) is 0 Å². The topological polar surface area (TPSA) is 57.5 Å². The van der Waals surface area contributed by atoms with Crippen LogP contribution < -0.4 is 0 Å². The fourth-order valence-electron chi connectivity index (χ4n) is 2.67. The van der Waals surface area contributed by atoms with Crippen molar-refractivity contribution in [1.82, 2.24) is 0 Å². The first-order valence-corrected chi connectivity index (χ1v) is 5.67. The predicted octanol–water partition coefficient (Wildman–Crippen LogP) is 2.20. The van der Waals surface area contributed by atoms with E-state index in [4.69, 9.17) is 0 Å². The Morgan fingerprint density at radius 2 is 2.20 bits per heavy atom. The zero-order valence-electron chi connectivity index (χ0n) is 9.44. The zero-order chi connectivity index (χ0) is 11.5. The van der Waals surface area contributed by atoms with Crippen LogP contribution >= 0.6 is 0 Å². The van der Waals surface area contributed by atoms with Gasteiger partial charge >= 0.3 is 5.97 Å². The molecule has 0 spiro atoms. The summed E-state index contributed by atoms with van der Waals surface area (Å²) in [7, 11) is 0. The van der Waals surface area contributed by atoms with Crippen molar-refractivity contribution in [3.63, 3.8) is 0 Å². The van der Waals surface area contributed by atoms with Crippen LogP contribution in [0.2, 0.25) is 0 Å². The van der Waals surface area contributed by atoms with Gasteiger partial charge in [0, 0.05) is 0 Å². The van der Waals surface area contributed by atoms with Crippen molar-refractivity contribution in [3.05, 3.63) is 12.2 Å². The molecule has 1 aliphatic rings. The molecular formula is C12H20O3. The molecule has 1 aliphatic carbocycles. The number of carboxylic acids is 1. The van der Waals surface area contributed by atoms with E-state index in [0.29, 0.717) is 6.42 Å². The van der Waals surface area contributed by atoms with E-state index < -0.39 is 17.5 Å². The van der Waals surface area contributed by atoms with Crippen molar-refractivity contribution in [2.45, 2.75) is 45.6 Å². The van der Waals surface area contributed by atoms with Crippen molar-refractivity contribution in [1.29, 1.82) is 0 Å². The first-order chi connectivity index (χ1) is 7.09. The molecule has 0 aromatic carbocycles. The van der Waals surface area contributed by atoms with Crippen LogP contribution in [-0.4, -0.2) is 22.3 Å². The quantitative estimate of drug-likeness (QED) is 0.702. The molecule has 0 aliphatic heterocycles. The second kappa shape index (κ2) is 4.79. The monoisotopic (exact) mass is 212 g/mol. The molecule has 0 heterocycles. The Morgan fingerprint density at radius 1 is 1.53 bits per heavy atom. The molecule has 0 aromatic heterocycles. The number of aliphatic hydroxyl groups excluding tert-OH is 1. The number of hydrogen-bond donors (Lipinski definition) is 2. The first-order valence-electron chi connectivity index (χ1n) is 5.67. The smallest absolute Gasteiger partial charge is 0.312 e. The van der Waals surface area contributed by atoms with Gasteiger partial charge in [-0.3, -0.25) is 4.79 Å². The van der Waals surface area contributed by atoms with Crippen LogP contribution in [-0.2, 0) is 4.79 Å². The second-order valence-electron chi connectivity index (χ2n) is 4.29. The lowest BCUT2D eigenvalue weighted by molar-refractivity contribution is -0.161. The zero-order valence-corrected chi connectivity index (χ0v) is 9.44. The summed E-state index contributed by atoms with van der Waals surface area (Å²) in [6.07, 6.45) is 5.77. The minimum absolute atomic E-state index is 0.0602. The standard InChI is InChI=1S/C12H20O3/c1-3-6-9-7-5-8-10(13)12(9,4-2)11(14)15/h5,8-10,13H,3-4,6-7H2,1-2H3,(H,14,15). The predicted molar refractivity (Wildman–Crippen MR) is 58.5 cm³/mol. The molecule has 0 aromatic rings. The highest BCUT2D eigenvalue weighted by molar-refractivity contribution is 5.76. The van der Waals surface area contributed by atoms with E-state index in [1.807, 2.05) is 19.9 Å². The van der Waals surface area contributed by atoms with Crippen LogP contribution in [0.5, 0.6) is 0 Å². The van der Waals surface area contributed by atoms with E-state index in [1.54, 1.807) is 6.08 Å². The summed E-state index contributed by atoms with van der Waals surface area (Å²) in [4.78, 5) is 11.4. The normalized spacial score (nSPS) is 35.4. The summed E-state index contributed by atoms with van der Waals surface area (Å²) >= 11 is 0. The summed E-state index contributed by atoms with van der Waals surface area (Å²) in [6.45, 7) is 3.89. The summed E-state index contributed by atoms with van der Waals surface area (Å²) in [5.41, 5.74) is -0.967. The average Bonchev–Trinajstić information content (AvgIpc) is 2.18. The van der Waals surface area contributed by atoms with Gasteiger partial charge in [0.05, 0.1) is 6.10 Å². The first kappa shape index (κ1) is 12.2. The molecule has 3 atom stereocenters. The highest BCUT2D eigenvalue weighted by Gasteiger charge is 2.49. The molecule has 0 fully saturated rings. The largest absolute Gasteiger partial charge is 0.481 e. The minimum Gasteiger partial charge on any atom is -0.481 e. The van der Waals surface area contributed by atoms with Gasteiger partial charge < -0.3 is 10.2 Å². The third-order valence-corrected chi connectivity index (χ3v) is 3.62. The van der Waals surface area contributed by atoms with Gasteiger partial charge in [-0.25, -0.2) is 0 Å². The van der Waals surface area contributed by atoms with Crippen LogP contribution in [0, 0.1) is 11.3 Å². The van der Waals surface area contributed by atoms with Gasteiger partial charge in [0.1, 0.15) is 5.41 Å². The van der Waals surface area contributed by atoms with Gasteiger partial charge in [0.25, 0.3) is 0 Å². The van der Waals surface area contributed by atoms with Crippen molar-refractivity contribution in [2.75, 3.05) is 0 Å². The molecule has 3 unspecified atom stereocenters. The molecule has 0 saturated carbocycles. The summed E-state index contributed by atoms with van der Waals surface area (Å²) in [6, 6.07) is 0. The molecule has 0 saturated heterocycles. The number of allylic oxidation sites excluding steroid dienone is 1. The molecule has 15 heavy (non-hydrogen) atoms. The van der Waals surface area contributed by atoms with E-state index in [1.165, 1.54) is 0 Å². The number of aliphatic carboxylic acids is 1. The van der Waals surface area contributed by atoms with Gasteiger partial charge in [0.15, 0.2) is 0 Å². The highest BCUT2D eigenvalue weighted by atomic mass is 16.4. The van der Waals surface area contributed by atoms with Gasteiger partial charge in [-0.2, -0.15) is 0 Å². The Kier molecular flexibility index (Phi) is 3.91. The van der Waals surface area contributed by atoms with Crippen molar-refractivity contribution in [3.8, 4) is 0 Å². The second-order valence-corrected chi connectivity index (χ2v) is 4.29. The summed E-state index contributed by atoms with van der Waals surface area (Å²) in [5.74, 6) is -0.801. The number of aliphatic hydroxyl groups is 1. The summed E-state index contributed by atoms with van der Waals surface area (Å²) < 4.78 is 0. The minimum atomic E-state index is -0.967. The molecule has 0 bridgehead atoms. The van der Waals surface area contributed by atoms with E-state index in [9.17, 15) is 15.0 Å². The third kappa shape index (κ3) is 1.93. The molecule has 0 radical (unpaired) electrons. The van der Waals surface area contributed by atoms with Crippen molar-refractivity contribution in [2.24, 2.45) is 11.3 Å². The molecule has 1 rings (SSSR count). The van der Waals surface area contributed by atoms with Crippen LogP contribution in [0.3, 0.4) is 0 Å². The van der Waals surface area contributed by atoms with Gasteiger partial charge in [-0.15, -0.1) is 0 Å². The van der Waals surface area contributed by atoms with Crippen molar-refractivity contribution >= 4 is 5.97 Å². The number of carbonyl (C=O) groups is 1. The SMILES string of the molecule is CCCC1CC=CC(O)C1(CC)C(=O)O. The molecule has 2 N–H and O–H groups in total. The molecule has 0 amide bonds. The van der Waals surface area contributed by atoms with E-state index in [-0.39, 0.29) is 5.92 Å². The Bertz CT molecular complexity index is 260. The van der Waals surface area contributed by atoms with Crippen molar-refractivity contribution < 1.29 is 15.0 Å². The van der Waals surface area contributed by atoms with E-state index in [0.717, 1.165) is 19.3 Å². The third-order valence-electron chi connectivity index (χ3n) is 3.62. The lowest BCUT2D eigenvalue weighted by Crippen LogP contribution is -2.48. The molecule has 3 nitrogen and oxygen atoms in total. The maximum absolute atomic E-state index is 11.4. The van der Waals surface area contributed by atoms with Crippen LogP contribution in [0.15, 0.2) is 12.2 Å². The lowest BCUT2D eigenvalue weighted by atomic mass is 9.64. The summed E-state index contributed by atoms with van der Waals surface area (Å²) in [5, 5.41) is 19.3. The van der Waals surface area contributed by atoms with Gasteiger partial charge in [0.2, 0.25) is 0 Å². The van der Waals surface area contributed by atoms with E-state index in [2.05, 4.69) is 0 Å². The Hall–Kier alpha value is -0.830. The molecular weight excluding hydrogens is 192 g/mol. The fraction of sp³-hybridized carbons (Fsp3) is 0.750. The van der Waals surface area contributed by atoms with Gasteiger partial charge in [-0.1, -0.05) is 32.4 Å².